The van der Waals surface area contributed by atoms with E-state index in [9.17, 15) is 0 Å². The molecule has 1 fully saturated rings. The van der Waals surface area contributed by atoms with Gasteiger partial charge >= 0.3 is 0 Å². The maximum Gasteiger partial charge on any atom is 0.0768 e. The van der Waals surface area contributed by atoms with Gasteiger partial charge in [0, 0.05) is 46.9 Å². The summed E-state index contributed by atoms with van der Waals surface area (Å²) in [5.74, 6) is 0. The first-order valence-corrected chi connectivity index (χ1v) is 11.9. The van der Waals surface area contributed by atoms with Gasteiger partial charge in [0.1, 0.15) is 0 Å². The standard InChI is InChI=1S/C27H25Cl2N3O/c28-22-3-1-2-21(16-22)27(31-25-10-11-30-26-17-23(29)8-9-24(25)26)20-6-4-19(5-7-20)18-32-12-14-33-15-13-32/h1-11,16-17,27H,12-15,18H2,(H,30,31). The summed E-state index contributed by atoms with van der Waals surface area (Å²) in [6, 6.07) is 24.6. The zero-order chi connectivity index (χ0) is 22.6. The number of pyridine rings is 1. The number of ether oxygens (including phenoxy) is 1. The van der Waals surface area contributed by atoms with Crippen LogP contribution < -0.4 is 5.32 Å². The number of aromatic nitrogens is 1. The van der Waals surface area contributed by atoms with Gasteiger partial charge in [-0.15, -0.1) is 0 Å². The van der Waals surface area contributed by atoms with Crippen LogP contribution in [-0.2, 0) is 11.3 Å². The molecule has 6 heteroatoms. The van der Waals surface area contributed by atoms with E-state index in [2.05, 4.69) is 45.5 Å². The van der Waals surface area contributed by atoms with E-state index in [1.807, 2.05) is 48.7 Å². The highest BCUT2D eigenvalue weighted by molar-refractivity contribution is 6.31. The number of halogens is 2. The summed E-state index contributed by atoms with van der Waals surface area (Å²) >= 11 is 12.5. The van der Waals surface area contributed by atoms with E-state index in [4.69, 9.17) is 27.9 Å². The van der Waals surface area contributed by atoms with Crippen LogP contribution in [0.15, 0.2) is 79.0 Å². The molecule has 5 rings (SSSR count). The van der Waals surface area contributed by atoms with Crippen LogP contribution in [0.1, 0.15) is 22.7 Å². The Hall–Kier alpha value is -2.63. The van der Waals surface area contributed by atoms with Crippen molar-refractivity contribution in [1.29, 1.82) is 0 Å². The van der Waals surface area contributed by atoms with Gasteiger partial charge in [-0.1, -0.05) is 59.6 Å². The van der Waals surface area contributed by atoms with E-state index < -0.39 is 0 Å². The van der Waals surface area contributed by atoms with Crippen molar-refractivity contribution < 1.29 is 4.74 Å². The van der Waals surface area contributed by atoms with Gasteiger partial charge in [-0.2, -0.15) is 0 Å². The Morgan fingerprint density at radius 2 is 1.67 bits per heavy atom. The lowest BCUT2D eigenvalue weighted by molar-refractivity contribution is 0.0342. The summed E-state index contributed by atoms with van der Waals surface area (Å²) in [7, 11) is 0. The number of benzene rings is 3. The molecule has 0 spiro atoms. The molecule has 1 aliphatic rings. The van der Waals surface area contributed by atoms with E-state index in [1.165, 1.54) is 11.1 Å². The second kappa shape index (κ2) is 10.1. The third-order valence-corrected chi connectivity index (χ3v) is 6.48. The SMILES string of the molecule is Clc1cccc(C(Nc2ccnc3cc(Cl)ccc23)c2ccc(CN3CCOCC3)cc2)c1. The topological polar surface area (TPSA) is 37.4 Å². The Balaban J connectivity index is 1.47. The summed E-state index contributed by atoms with van der Waals surface area (Å²) in [5.41, 5.74) is 5.43. The Labute approximate surface area is 204 Å². The molecule has 1 atom stereocenters. The number of rotatable bonds is 6. The van der Waals surface area contributed by atoms with E-state index in [-0.39, 0.29) is 6.04 Å². The zero-order valence-electron chi connectivity index (χ0n) is 18.2. The molecule has 1 N–H and O–H groups in total. The Bertz CT molecular complexity index is 1240. The van der Waals surface area contributed by atoms with Crippen molar-refractivity contribution in [3.8, 4) is 0 Å². The molecule has 1 saturated heterocycles. The number of morpholine rings is 1. The van der Waals surface area contributed by atoms with E-state index in [1.54, 1.807) is 0 Å². The third kappa shape index (κ3) is 5.31. The van der Waals surface area contributed by atoms with Gasteiger partial charge in [0.15, 0.2) is 0 Å². The van der Waals surface area contributed by atoms with Crippen molar-refractivity contribution in [1.82, 2.24) is 9.88 Å². The van der Waals surface area contributed by atoms with Crippen LogP contribution in [0.3, 0.4) is 0 Å². The average Bonchev–Trinajstić information content (AvgIpc) is 2.83. The minimum atomic E-state index is -0.0672. The Morgan fingerprint density at radius 3 is 2.45 bits per heavy atom. The second-order valence-corrected chi connectivity index (χ2v) is 9.16. The smallest absolute Gasteiger partial charge is 0.0768 e. The molecule has 0 radical (unpaired) electrons. The van der Waals surface area contributed by atoms with Crippen LogP contribution in [0.25, 0.3) is 10.9 Å². The number of nitrogens with one attached hydrogen (secondary N) is 1. The predicted octanol–water partition coefficient (Wildman–Crippen LogP) is 6.58. The first kappa shape index (κ1) is 22.2. The number of anilines is 1. The van der Waals surface area contributed by atoms with Crippen LogP contribution in [0.4, 0.5) is 5.69 Å². The van der Waals surface area contributed by atoms with Gasteiger partial charge in [0.25, 0.3) is 0 Å². The quantitative estimate of drug-likeness (QED) is 0.340. The van der Waals surface area contributed by atoms with Gasteiger partial charge in [-0.25, -0.2) is 0 Å². The van der Waals surface area contributed by atoms with E-state index in [0.29, 0.717) is 5.02 Å². The van der Waals surface area contributed by atoms with Crippen LogP contribution in [0, 0.1) is 0 Å². The molecule has 4 aromatic rings. The molecular formula is C27H25Cl2N3O. The second-order valence-electron chi connectivity index (χ2n) is 8.28. The van der Waals surface area contributed by atoms with Gasteiger partial charge in [0.2, 0.25) is 0 Å². The minimum Gasteiger partial charge on any atom is -0.379 e. The number of fused-ring (bicyclic) bond motifs is 1. The van der Waals surface area contributed by atoms with Gasteiger partial charge in [0.05, 0.1) is 24.8 Å². The van der Waals surface area contributed by atoms with Crippen LogP contribution in [0.2, 0.25) is 10.0 Å². The molecular weight excluding hydrogens is 453 g/mol. The van der Waals surface area contributed by atoms with Crippen molar-refractivity contribution in [3.63, 3.8) is 0 Å². The molecule has 3 aromatic carbocycles. The Morgan fingerprint density at radius 1 is 0.879 bits per heavy atom. The van der Waals surface area contributed by atoms with E-state index >= 15 is 0 Å². The molecule has 0 aliphatic carbocycles. The van der Waals surface area contributed by atoms with Crippen LogP contribution in [0.5, 0.6) is 0 Å². The van der Waals surface area contributed by atoms with Gasteiger partial charge in [-0.3, -0.25) is 9.88 Å². The fourth-order valence-corrected chi connectivity index (χ4v) is 4.65. The lowest BCUT2D eigenvalue weighted by Gasteiger charge is -2.27. The molecule has 4 nitrogen and oxygen atoms in total. The van der Waals surface area contributed by atoms with Gasteiger partial charge in [-0.05, 0) is 53.1 Å². The molecule has 2 heterocycles. The van der Waals surface area contributed by atoms with Crippen molar-refractivity contribution in [2.24, 2.45) is 0 Å². The largest absolute Gasteiger partial charge is 0.379 e. The molecule has 1 aromatic heterocycles. The summed E-state index contributed by atoms with van der Waals surface area (Å²) in [6.45, 7) is 4.52. The first-order valence-electron chi connectivity index (χ1n) is 11.1. The fraction of sp³-hybridized carbons (Fsp3) is 0.222. The molecule has 1 unspecified atom stereocenters. The maximum absolute atomic E-state index is 6.36. The summed E-state index contributed by atoms with van der Waals surface area (Å²) in [4.78, 5) is 6.91. The van der Waals surface area contributed by atoms with Crippen LogP contribution >= 0.6 is 23.2 Å². The maximum atomic E-state index is 6.36. The average molecular weight is 478 g/mol. The molecule has 0 amide bonds. The van der Waals surface area contributed by atoms with Gasteiger partial charge < -0.3 is 10.1 Å². The Kier molecular flexibility index (Phi) is 6.79. The molecule has 0 bridgehead atoms. The van der Waals surface area contributed by atoms with E-state index in [0.717, 1.165) is 60.0 Å². The zero-order valence-corrected chi connectivity index (χ0v) is 19.7. The molecule has 168 valence electrons. The summed E-state index contributed by atoms with van der Waals surface area (Å²) in [5, 5.41) is 6.15. The first-order chi connectivity index (χ1) is 16.2. The lowest BCUT2D eigenvalue weighted by atomic mass is 9.97. The fourth-order valence-electron chi connectivity index (χ4n) is 4.28. The number of hydrogen-bond donors (Lipinski definition) is 1. The summed E-state index contributed by atoms with van der Waals surface area (Å²) in [6.07, 6.45) is 1.81. The van der Waals surface area contributed by atoms with Crippen molar-refractivity contribution >= 4 is 39.8 Å². The van der Waals surface area contributed by atoms with Crippen molar-refractivity contribution in [2.45, 2.75) is 12.6 Å². The monoisotopic (exact) mass is 477 g/mol. The molecule has 1 aliphatic heterocycles. The minimum absolute atomic E-state index is 0.0672. The predicted molar refractivity (Wildman–Crippen MR) is 136 cm³/mol. The van der Waals surface area contributed by atoms with Crippen molar-refractivity contribution in [3.05, 3.63) is 106 Å². The normalized spacial score (nSPS) is 15.5. The molecule has 0 saturated carbocycles. The summed E-state index contributed by atoms with van der Waals surface area (Å²) < 4.78 is 5.47. The highest BCUT2D eigenvalue weighted by atomic mass is 35.5. The number of nitrogens with zero attached hydrogens (tertiary/aromatic N) is 2. The van der Waals surface area contributed by atoms with Crippen molar-refractivity contribution in [2.75, 3.05) is 31.6 Å². The highest BCUT2D eigenvalue weighted by Gasteiger charge is 2.17. The third-order valence-electron chi connectivity index (χ3n) is 6.01. The van der Waals surface area contributed by atoms with Crippen LogP contribution in [-0.4, -0.2) is 36.2 Å². The highest BCUT2D eigenvalue weighted by Crippen LogP contribution is 2.32. The molecule has 33 heavy (non-hydrogen) atoms. The lowest BCUT2D eigenvalue weighted by Crippen LogP contribution is -2.35. The number of hydrogen-bond acceptors (Lipinski definition) is 4.